The summed E-state index contributed by atoms with van der Waals surface area (Å²) in [7, 11) is 0. The Balaban J connectivity index is 1.24. The highest BCUT2D eigenvalue weighted by Gasteiger charge is 2.14. The number of hydrogen-bond donors (Lipinski definition) is 3. The SMILES string of the molecule is c1ccc2nc(-c3nc4ccc(-c5nc6ccc(N7CCNCC7)cc6[nH]5)cc4[nH]3)ccc2c1. The van der Waals surface area contributed by atoms with Crippen LogP contribution in [-0.4, -0.2) is 51.1 Å². The summed E-state index contributed by atoms with van der Waals surface area (Å²) in [5, 5.41) is 4.53. The smallest absolute Gasteiger partial charge is 0.157 e. The van der Waals surface area contributed by atoms with Gasteiger partial charge in [0.1, 0.15) is 11.5 Å². The highest BCUT2D eigenvalue weighted by atomic mass is 15.2. The van der Waals surface area contributed by atoms with Crippen molar-refractivity contribution in [2.24, 2.45) is 0 Å². The van der Waals surface area contributed by atoms with Gasteiger partial charge in [-0.15, -0.1) is 0 Å². The maximum Gasteiger partial charge on any atom is 0.157 e. The van der Waals surface area contributed by atoms with Crippen LogP contribution in [0.25, 0.3) is 55.9 Å². The summed E-state index contributed by atoms with van der Waals surface area (Å²) >= 11 is 0. The molecule has 7 heteroatoms. The van der Waals surface area contributed by atoms with Gasteiger partial charge in [0.25, 0.3) is 0 Å². The minimum absolute atomic E-state index is 0.767. The number of nitrogens with one attached hydrogen (secondary N) is 3. The lowest BCUT2D eigenvalue weighted by Gasteiger charge is -2.29. The van der Waals surface area contributed by atoms with Gasteiger partial charge in [-0.05, 0) is 48.5 Å². The van der Waals surface area contributed by atoms with Crippen molar-refractivity contribution in [3.05, 3.63) is 72.8 Å². The molecular weight excluding hydrogens is 422 g/mol. The molecule has 0 amide bonds. The maximum atomic E-state index is 4.84. The van der Waals surface area contributed by atoms with Crippen molar-refractivity contribution in [2.45, 2.75) is 0 Å². The van der Waals surface area contributed by atoms with Crippen molar-refractivity contribution in [3.8, 4) is 22.9 Å². The Morgan fingerprint density at radius 1 is 0.647 bits per heavy atom. The van der Waals surface area contributed by atoms with Crippen molar-refractivity contribution in [3.63, 3.8) is 0 Å². The number of para-hydroxylation sites is 1. The number of benzene rings is 3. The first-order valence-electron chi connectivity index (χ1n) is 11.6. The van der Waals surface area contributed by atoms with E-state index < -0.39 is 0 Å². The van der Waals surface area contributed by atoms with Crippen LogP contribution in [0.4, 0.5) is 5.69 Å². The molecule has 3 aromatic carbocycles. The molecule has 0 bridgehead atoms. The Kier molecular flexibility index (Phi) is 4.35. The summed E-state index contributed by atoms with van der Waals surface area (Å²) in [5.74, 6) is 1.62. The molecule has 6 aromatic rings. The Morgan fingerprint density at radius 2 is 1.41 bits per heavy atom. The fourth-order valence-electron chi connectivity index (χ4n) is 4.73. The number of fused-ring (bicyclic) bond motifs is 3. The average molecular weight is 446 g/mol. The number of rotatable bonds is 3. The second-order valence-corrected chi connectivity index (χ2v) is 8.73. The van der Waals surface area contributed by atoms with Crippen molar-refractivity contribution < 1.29 is 0 Å². The number of imidazole rings is 2. The van der Waals surface area contributed by atoms with Crippen molar-refractivity contribution in [1.29, 1.82) is 0 Å². The van der Waals surface area contributed by atoms with Crippen LogP contribution in [0.3, 0.4) is 0 Å². The summed E-state index contributed by atoms with van der Waals surface area (Å²) in [6.45, 7) is 4.09. The molecule has 1 aliphatic heterocycles. The fourth-order valence-corrected chi connectivity index (χ4v) is 4.73. The number of aromatic nitrogens is 5. The fraction of sp³-hybridized carbons (Fsp3) is 0.148. The predicted octanol–water partition coefficient (Wildman–Crippen LogP) is 4.73. The number of H-pyrrole nitrogens is 2. The van der Waals surface area contributed by atoms with Gasteiger partial charge >= 0.3 is 0 Å². The van der Waals surface area contributed by atoms with E-state index in [4.69, 9.17) is 15.0 Å². The Morgan fingerprint density at radius 3 is 2.32 bits per heavy atom. The van der Waals surface area contributed by atoms with Gasteiger partial charge in [-0.3, -0.25) is 0 Å². The number of anilines is 1. The molecule has 0 aliphatic carbocycles. The molecule has 0 saturated carbocycles. The number of hydrogen-bond acceptors (Lipinski definition) is 5. The third kappa shape index (κ3) is 3.29. The standard InChI is InChI=1S/C27H23N7/c1-2-4-20-17(3-1)5-9-23(29-20)27-31-21-8-6-18(15-24(21)33-27)26-30-22-10-7-19(16-25(22)32-26)34-13-11-28-12-14-34/h1-10,15-16,28H,11-14H2,(H,30,32)(H,31,33). The molecular formula is C27H23N7. The molecule has 34 heavy (non-hydrogen) atoms. The third-order valence-electron chi connectivity index (χ3n) is 6.54. The molecule has 166 valence electrons. The van der Waals surface area contributed by atoms with Crippen LogP contribution in [0, 0.1) is 0 Å². The Labute approximate surface area is 195 Å². The van der Waals surface area contributed by atoms with E-state index >= 15 is 0 Å². The zero-order valence-corrected chi connectivity index (χ0v) is 18.5. The first-order valence-corrected chi connectivity index (χ1v) is 11.6. The predicted molar refractivity (Wildman–Crippen MR) is 137 cm³/mol. The van der Waals surface area contributed by atoms with Gasteiger partial charge in [0, 0.05) is 42.8 Å². The van der Waals surface area contributed by atoms with E-state index in [1.165, 1.54) is 5.69 Å². The number of piperazine rings is 1. The zero-order valence-electron chi connectivity index (χ0n) is 18.5. The van der Waals surface area contributed by atoms with Crippen molar-refractivity contribution >= 4 is 38.7 Å². The molecule has 0 unspecified atom stereocenters. The van der Waals surface area contributed by atoms with E-state index in [1.807, 2.05) is 30.3 Å². The van der Waals surface area contributed by atoms with Gasteiger partial charge in [-0.2, -0.15) is 0 Å². The second-order valence-electron chi connectivity index (χ2n) is 8.73. The topological polar surface area (TPSA) is 85.5 Å². The Hall–Kier alpha value is -4.23. The molecule has 1 saturated heterocycles. The molecule has 4 heterocycles. The lowest BCUT2D eigenvalue weighted by molar-refractivity contribution is 0.589. The summed E-state index contributed by atoms with van der Waals surface area (Å²) in [6, 6.07) is 24.9. The van der Waals surface area contributed by atoms with Crippen LogP contribution in [0.15, 0.2) is 72.8 Å². The lowest BCUT2D eigenvalue weighted by atomic mass is 10.2. The molecule has 0 spiro atoms. The highest BCUT2D eigenvalue weighted by molar-refractivity contribution is 5.87. The van der Waals surface area contributed by atoms with Crippen LogP contribution >= 0.6 is 0 Å². The van der Waals surface area contributed by atoms with Gasteiger partial charge in [-0.1, -0.05) is 24.3 Å². The minimum Gasteiger partial charge on any atom is -0.369 e. The first-order chi connectivity index (χ1) is 16.8. The first kappa shape index (κ1) is 19.3. The van der Waals surface area contributed by atoms with Gasteiger partial charge in [0.2, 0.25) is 0 Å². The van der Waals surface area contributed by atoms with Crippen molar-refractivity contribution in [1.82, 2.24) is 30.2 Å². The number of aromatic amines is 2. The van der Waals surface area contributed by atoms with E-state index in [2.05, 4.69) is 62.6 Å². The van der Waals surface area contributed by atoms with E-state index in [0.29, 0.717) is 0 Å². The quantitative estimate of drug-likeness (QED) is 0.367. The third-order valence-corrected chi connectivity index (χ3v) is 6.54. The van der Waals surface area contributed by atoms with E-state index in [0.717, 1.165) is 82.1 Å². The van der Waals surface area contributed by atoms with Crippen LogP contribution in [0.5, 0.6) is 0 Å². The molecule has 1 fully saturated rings. The van der Waals surface area contributed by atoms with Crippen LogP contribution < -0.4 is 10.2 Å². The minimum atomic E-state index is 0.767. The van der Waals surface area contributed by atoms with Gasteiger partial charge in [0.05, 0.1) is 27.6 Å². The monoisotopic (exact) mass is 445 g/mol. The maximum absolute atomic E-state index is 4.84. The molecule has 0 radical (unpaired) electrons. The van der Waals surface area contributed by atoms with Crippen LogP contribution in [0.2, 0.25) is 0 Å². The second kappa shape index (κ2) is 7.67. The normalized spacial score (nSPS) is 14.4. The van der Waals surface area contributed by atoms with E-state index in [9.17, 15) is 0 Å². The van der Waals surface area contributed by atoms with Crippen LogP contribution in [0.1, 0.15) is 0 Å². The molecule has 0 atom stereocenters. The Bertz CT molecular complexity index is 1660. The summed E-state index contributed by atoms with van der Waals surface area (Å²) in [5.41, 5.74) is 7.95. The largest absolute Gasteiger partial charge is 0.369 e. The molecule has 3 aromatic heterocycles. The van der Waals surface area contributed by atoms with Crippen LogP contribution in [-0.2, 0) is 0 Å². The summed E-state index contributed by atoms with van der Waals surface area (Å²) < 4.78 is 0. The summed E-state index contributed by atoms with van der Waals surface area (Å²) in [6.07, 6.45) is 0. The molecule has 3 N–H and O–H groups in total. The molecule has 1 aliphatic rings. The van der Waals surface area contributed by atoms with E-state index in [-0.39, 0.29) is 0 Å². The number of pyridine rings is 1. The highest BCUT2D eigenvalue weighted by Crippen LogP contribution is 2.28. The van der Waals surface area contributed by atoms with Crippen molar-refractivity contribution in [2.75, 3.05) is 31.1 Å². The molecule has 7 rings (SSSR count). The van der Waals surface area contributed by atoms with Gasteiger partial charge in [0.15, 0.2) is 5.82 Å². The molecule has 7 nitrogen and oxygen atoms in total. The van der Waals surface area contributed by atoms with Gasteiger partial charge < -0.3 is 20.2 Å². The average Bonchev–Trinajstić information content (AvgIpc) is 3.52. The zero-order chi connectivity index (χ0) is 22.5. The summed E-state index contributed by atoms with van der Waals surface area (Å²) in [4.78, 5) is 23.8. The number of nitrogens with zero attached hydrogens (tertiary/aromatic N) is 4. The van der Waals surface area contributed by atoms with Gasteiger partial charge in [-0.25, -0.2) is 15.0 Å². The van der Waals surface area contributed by atoms with E-state index in [1.54, 1.807) is 0 Å². The lowest BCUT2D eigenvalue weighted by Crippen LogP contribution is -2.43.